The lowest BCUT2D eigenvalue weighted by molar-refractivity contribution is -0.123. The summed E-state index contributed by atoms with van der Waals surface area (Å²) in [5, 5.41) is 13.2. The van der Waals surface area contributed by atoms with Gasteiger partial charge in [0.05, 0.1) is 18.8 Å². The minimum atomic E-state index is -4.69. The molecule has 0 aromatic heterocycles. The van der Waals surface area contributed by atoms with Gasteiger partial charge in [-0.05, 0) is 19.3 Å². The number of hydrogen-bond acceptors (Lipinski definition) is 4. The van der Waals surface area contributed by atoms with Crippen LogP contribution in [0.25, 0.3) is 0 Å². The Hall–Kier alpha value is -0.720. The minimum absolute atomic E-state index is 0.230. The number of carbonyl (C=O) groups is 1. The van der Waals surface area contributed by atoms with Crippen molar-refractivity contribution in [3.05, 3.63) is 12.2 Å². The second-order valence-electron chi connectivity index (χ2n) is 10.8. The lowest BCUT2D eigenvalue weighted by Gasteiger charge is -2.22. The summed E-state index contributed by atoms with van der Waals surface area (Å²) in [6.07, 6.45) is 28.0. The van der Waals surface area contributed by atoms with Crippen LogP contribution >= 0.6 is 7.82 Å². The van der Waals surface area contributed by atoms with Crippen molar-refractivity contribution in [2.24, 2.45) is 0 Å². The molecule has 7 nitrogen and oxygen atoms in total. The molecule has 0 aromatic carbocycles. The van der Waals surface area contributed by atoms with Gasteiger partial charge in [-0.15, -0.1) is 0 Å². The zero-order chi connectivity index (χ0) is 28.3. The number of carbonyl (C=O) groups excluding carboxylic acids is 1. The summed E-state index contributed by atoms with van der Waals surface area (Å²) in [5.41, 5.74) is 0. The van der Waals surface area contributed by atoms with E-state index in [-0.39, 0.29) is 5.91 Å². The molecule has 38 heavy (non-hydrogen) atoms. The van der Waals surface area contributed by atoms with Gasteiger partial charge in [0.1, 0.15) is 0 Å². The smallest absolute Gasteiger partial charge is 0.387 e. The highest BCUT2D eigenvalue weighted by molar-refractivity contribution is 7.46. The van der Waals surface area contributed by atoms with E-state index in [1.807, 2.05) is 6.08 Å². The topological polar surface area (TPSA) is 116 Å². The first-order valence-corrected chi connectivity index (χ1v) is 17.2. The second kappa shape index (κ2) is 26.5. The number of hydrogen-bond donors (Lipinski definition) is 4. The van der Waals surface area contributed by atoms with Crippen LogP contribution in [0.3, 0.4) is 0 Å². The Morgan fingerprint density at radius 1 is 0.737 bits per heavy atom. The first-order chi connectivity index (χ1) is 18.3. The number of aliphatic hydroxyl groups is 1. The quantitative estimate of drug-likeness (QED) is 0.0435. The van der Waals surface area contributed by atoms with Gasteiger partial charge in [-0.3, -0.25) is 9.32 Å². The number of allylic oxidation sites excluding steroid dienone is 1. The van der Waals surface area contributed by atoms with Crippen LogP contribution < -0.4 is 5.32 Å². The van der Waals surface area contributed by atoms with Crippen molar-refractivity contribution in [2.75, 3.05) is 6.61 Å². The molecule has 0 saturated heterocycles. The molecule has 0 bridgehead atoms. The number of rotatable bonds is 28. The van der Waals surface area contributed by atoms with Gasteiger partial charge in [-0.25, -0.2) is 4.57 Å². The van der Waals surface area contributed by atoms with Crippen LogP contribution in [0, 0.1) is 0 Å². The van der Waals surface area contributed by atoms with Gasteiger partial charge in [0.25, 0.3) is 0 Å². The van der Waals surface area contributed by atoms with E-state index in [9.17, 15) is 14.5 Å². The Morgan fingerprint density at radius 3 is 1.61 bits per heavy atom. The maximum atomic E-state index is 12.4. The van der Waals surface area contributed by atoms with Crippen molar-refractivity contribution < 1.29 is 28.8 Å². The van der Waals surface area contributed by atoms with E-state index in [1.54, 1.807) is 6.08 Å². The van der Waals surface area contributed by atoms with Gasteiger partial charge in [0.2, 0.25) is 5.91 Å². The lowest BCUT2D eigenvalue weighted by Crippen LogP contribution is -2.45. The average Bonchev–Trinajstić information content (AvgIpc) is 2.87. The van der Waals surface area contributed by atoms with Crippen molar-refractivity contribution in [3.63, 3.8) is 0 Å². The number of nitrogens with one attached hydrogen (secondary N) is 1. The van der Waals surface area contributed by atoms with Crippen LogP contribution in [0.15, 0.2) is 12.2 Å². The summed E-state index contributed by atoms with van der Waals surface area (Å²) in [4.78, 5) is 30.5. The first-order valence-electron chi connectivity index (χ1n) is 15.6. The normalized spacial score (nSPS) is 13.7. The fraction of sp³-hybridized carbons (Fsp3) is 0.900. The van der Waals surface area contributed by atoms with Crippen molar-refractivity contribution in [1.82, 2.24) is 5.32 Å². The van der Waals surface area contributed by atoms with Crippen molar-refractivity contribution in [3.8, 4) is 0 Å². The predicted octanol–water partition coefficient (Wildman–Crippen LogP) is 8.12. The van der Waals surface area contributed by atoms with E-state index < -0.39 is 26.6 Å². The van der Waals surface area contributed by atoms with Crippen LogP contribution in [0.2, 0.25) is 0 Å². The van der Waals surface area contributed by atoms with Gasteiger partial charge in [-0.2, -0.15) is 0 Å². The molecule has 2 atom stereocenters. The van der Waals surface area contributed by atoms with E-state index in [1.165, 1.54) is 96.3 Å². The van der Waals surface area contributed by atoms with E-state index in [2.05, 4.69) is 23.7 Å². The highest BCUT2D eigenvalue weighted by Gasteiger charge is 2.24. The molecule has 0 saturated carbocycles. The van der Waals surface area contributed by atoms with Gasteiger partial charge < -0.3 is 20.2 Å². The lowest BCUT2D eigenvalue weighted by atomic mass is 10.0. The third-order valence-corrected chi connectivity index (χ3v) is 7.48. The summed E-state index contributed by atoms with van der Waals surface area (Å²) < 4.78 is 15.7. The molecule has 0 aliphatic heterocycles. The second-order valence-corrected chi connectivity index (χ2v) is 12.0. The Labute approximate surface area is 233 Å². The zero-order valence-electron chi connectivity index (χ0n) is 24.6. The summed E-state index contributed by atoms with van der Waals surface area (Å²) in [6, 6.07) is -0.901. The molecule has 4 N–H and O–H groups in total. The molecule has 0 heterocycles. The van der Waals surface area contributed by atoms with Crippen molar-refractivity contribution in [2.45, 2.75) is 167 Å². The monoisotopic (exact) mass is 561 g/mol. The third-order valence-electron chi connectivity index (χ3n) is 7.00. The van der Waals surface area contributed by atoms with E-state index in [4.69, 9.17) is 9.79 Å². The first kappa shape index (κ1) is 37.3. The van der Waals surface area contributed by atoms with Gasteiger partial charge in [-0.1, -0.05) is 142 Å². The molecule has 0 spiro atoms. The zero-order valence-corrected chi connectivity index (χ0v) is 25.5. The number of unbranched alkanes of at least 4 members (excludes halogenated alkanes) is 19. The van der Waals surface area contributed by atoms with E-state index in [0.717, 1.165) is 38.5 Å². The Kier molecular flexibility index (Phi) is 26.0. The maximum Gasteiger partial charge on any atom is 0.469 e. The molecule has 0 unspecified atom stereocenters. The largest absolute Gasteiger partial charge is 0.469 e. The molecular weight excluding hydrogens is 501 g/mol. The fourth-order valence-electron chi connectivity index (χ4n) is 4.57. The average molecular weight is 562 g/mol. The van der Waals surface area contributed by atoms with Crippen LogP contribution in [-0.4, -0.2) is 39.6 Å². The summed E-state index contributed by atoms with van der Waals surface area (Å²) >= 11 is 0. The van der Waals surface area contributed by atoms with Gasteiger partial charge in [0, 0.05) is 6.42 Å². The fourth-order valence-corrected chi connectivity index (χ4v) is 4.93. The Morgan fingerprint density at radius 2 is 1.16 bits per heavy atom. The van der Waals surface area contributed by atoms with Gasteiger partial charge in [0.15, 0.2) is 0 Å². The molecule has 0 aliphatic carbocycles. The minimum Gasteiger partial charge on any atom is -0.387 e. The SMILES string of the molecule is CCCCCCCCC/C=C/[C@@H](O)[C@H](COP(=O)(O)O)NC(=O)CCCCCCCCCCCCCCC. The number of phosphoric acid groups is 1. The van der Waals surface area contributed by atoms with Crippen LogP contribution in [-0.2, 0) is 13.9 Å². The molecule has 8 heteroatoms. The number of phosphoric ester groups is 1. The third kappa shape index (κ3) is 26.9. The van der Waals surface area contributed by atoms with Crippen molar-refractivity contribution >= 4 is 13.7 Å². The summed E-state index contributed by atoms with van der Waals surface area (Å²) in [6.45, 7) is 4.00. The molecule has 1 amide bonds. The predicted molar refractivity (Wildman–Crippen MR) is 158 cm³/mol. The van der Waals surface area contributed by atoms with Crippen molar-refractivity contribution in [1.29, 1.82) is 0 Å². The molecule has 0 aromatic rings. The highest BCUT2D eigenvalue weighted by Crippen LogP contribution is 2.35. The molecule has 0 radical (unpaired) electrons. The molecule has 0 fully saturated rings. The molecule has 0 aliphatic rings. The molecular formula is C30H60NO6P. The highest BCUT2D eigenvalue weighted by atomic mass is 31.2. The molecule has 0 rings (SSSR count). The summed E-state index contributed by atoms with van der Waals surface area (Å²) in [7, 11) is -4.69. The van der Waals surface area contributed by atoms with Crippen LogP contribution in [0.1, 0.15) is 155 Å². The van der Waals surface area contributed by atoms with Gasteiger partial charge >= 0.3 is 7.82 Å². The molecule has 226 valence electrons. The Bertz CT molecular complexity index is 610. The standard InChI is InChI=1S/C30H60NO6P/c1-3-5-7-9-11-13-14-15-16-18-20-22-24-26-30(33)31-28(27-37-38(34,35)36)29(32)25-23-21-19-17-12-10-8-6-4-2/h23,25,28-29,32H,3-22,24,26-27H2,1-2H3,(H,31,33)(H2,34,35,36)/b25-23+/t28-,29+/m0/s1. The summed E-state index contributed by atoms with van der Waals surface area (Å²) in [5.74, 6) is -0.230. The Balaban J connectivity index is 4.11. The van der Waals surface area contributed by atoms with E-state index >= 15 is 0 Å². The maximum absolute atomic E-state index is 12.4. The van der Waals surface area contributed by atoms with Crippen LogP contribution in [0.5, 0.6) is 0 Å². The number of aliphatic hydroxyl groups excluding tert-OH is 1. The van der Waals surface area contributed by atoms with E-state index in [0.29, 0.717) is 6.42 Å². The number of amides is 1. The van der Waals surface area contributed by atoms with Crippen LogP contribution in [0.4, 0.5) is 0 Å².